The fourth-order valence-corrected chi connectivity index (χ4v) is 13.8. The summed E-state index contributed by atoms with van der Waals surface area (Å²) in [6, 6.07) is 35.6. The van der Waals surface area contributed by atoms with Gasteiger partial charge in [-0.15, -0.1) is 0 Å². The molecule has 5 heterocycles. The van der Waals surface area contributed by atoms with Crippen molar-refractivity contribution in [2.45, 2.75) is 120 Å². The molecule has 0 amide bonds. The number of aromatic nitrogens is 4. The molecule has 4 aromatic carbocycles. The largest absolute Gasteiger partial charge is 0.354 e. The Labute approximate surface area is 395 Å². The average Bonchev–Trinajstić information content (AvgIpc) is 4.15. The van der Waals surface area contributed by atoms with E-state index in [0.717, 1.165) is 90.1 Å². The smallest absolute Gasteiger partial charge is 0.0798 e. The molecule has 7 aromatic rings. The standard InChI is InChI=1S/C56H54N4S4/c1-9-37-33(5)17-13-21-49(37)61-53-41-25-27-43(57-41)54(62-50-22-14-18-34(6)38(50)10-2)45-29-31-47(59-45)56(64-52-24-16-20-36(8)40(52)12-4)48-32-30-46(60-48)55(44-28-26-42(53)58-44)63-51-23-15-19-35(7)39(51)11-3/h13-32,57,60H,9-12H2,1-8H3. The van der Waals surface area contributed by atoms with Crippen molar-refractivity contribution < 1.29 is 0 Å². The zero-order valence-electron chi connectivity index (χ0n) is 37.9. The molecule has 0 fully saturated rings. The normalized spacial score (nSPS) is 12.1. The topological polar surface area (TPSA) is 57.4 Å². The van der Waals surface area contributed by atoms with E-state index < -0.39 is 0 Å². The van der Waals surface area contributed by atoms with Gasteiger partial charge in [-0.2, -0.15) is 0 Å². The van der Waals surface area contributed by atoms with Crippen molar-refractivity contribution in [2.75, 3.05) is 0 Å². The minimum absolute atomic E-state index is 0.943. The molecule has 0 unspecified atom stereocenters. The van der Waals surface area contributed by atoms with Crippen molar-refractivity contribution in [1.82, 2.24) is 19.9 Å². The zero-order valence-corrected chi connectivity index (χ0v) is 41.2. The summed E-state index contributed by atoms with van der Waals surface area (Å²) in [4.78, 5) is 28.4. The Kier molecular flexibility index (Phi) is 13.2. The van der Waals surface area contributed by atoms with Crippen LogP contribution in [-0.2, 0) is 25.7 Å². The summed E-state index contributed by atoms with van der Waals surface area (Å²) in [7, 11) is 0. The summed E-state index contributed by atoms with van der Waals surface area (Å²) in [5, 5.41) is 0. The lowest BCUT2D eigenvalue weighted by atomic mass is 10.1. The minimum Gasteiger partial charge on any atom is -0.354 e. The predicted octanol–water partition coefficient (Wildman–Crippen LogP) is 16.7. The average molecular weight is 911 g/mol. The number of nitrogens with zero attached hydrogens (tertiary/aromatic N) is 2. The first kappa shape index (κ1) is 44.1. The first-order chi connectivity index (χ1) is 31.2. The van der Waals surface area contributed by atoms with E-state index in [4.69, 9.17) is 9.97 Å². The van der Waals surface area contributed by atoms with Crippen LogP contribution in [0.1, 0.15) is 95.0 Å². The van der Waals surface area contributed by atoms with Gasteiger partial charge in [0.05, 0.1) is 64.4 Å². The Morgan fingerprint density at radius 1 is 0.344 bits per heavy atom. The predicted molar refractivity (Wildman–Crippen MR) is 278 cm³/mol. The summed E-state index contributed by atoms with van der Waals surface area (Å²) < 4.78 is 0. The molecule has 0 aliphatic carbocycles. The second kappa shape index (κ2) is 19.2. The minimum atomic E-state index is 0.943. The molecule has 8 heteroatoms. The Morgan fingerprint density at radius 3 is 0.797 bits per heavy atom. The van der Waals surface area contributed by atoms with Gasteiger partial charge >= 0.3 is 0 Å². The number of aromatic amines is 2. The van der Waals surface area contributed by atoms with Crippen molar-refractivity contribution in [3.05, 3.63) is 164 Å². The summed E-state index contributed by atoms with van der Waals surface area (Å²) in [6.07, 6.45) is 12.6. The van der Waals surface area contributed by atoms with E-state index in [9.17, 15) is 0 Å². The zero-order chi connectivity index (χ0) is 44.5. The van der Waals surface area contributed by atoms with Gasteiger partial charge in [0.2, 0.25) is 0 Å². The second-order valence-corrected chi connectivity index (χ2v) is 20.6. The maximum absolute atomic E-state index is 5.58. The molecule has 0 saturated heterocycles. The highest BCUT2D eigenvalue weighted by Gasteiger charge is 2.21. The molecule has 2 aliphatic rings. The van der Waals surface area contributed by atoms with Gasteiger partial charge in [-0.05, 0) is 171 Å². The summed E-state index contributed by atoms with van der Waals surface area (Å²) in [6.45, 7) is 17.9. The van der Waals surface area contributed by atoms with E-state index >= 15 is 0 Å². The molecule has 64 heavy (non-hydrogen) atoms. The van der Waals surface area contributed by atoms with E-state index in [-0.39, 0.29) is 0 Å². The van der Waals surface area contributed by atoms with Crippen LogP contribution in [0.4, 0.5) is 0 Å². The van der Waals surface area contributed by atoms with Gasteiger partial charge in [-0.3, -0.25) is 0 Å². The van der Waals surface area contributed by atoms with Crippen LogP contribution in [0.15, 0.2) is 136 Å². The molecule has 0 atom stereocenters. The van der Waals surface area contributed by atoms with Crippen molar-refractivity contribution in [2.24, 2.45) is 0 Å². The van der Waals surface area contributed by atoms with Gasteiger partial charge in [0, 0.05) is 19.6 Å². The summed E-state index contributed by atoms with van der Waals surface area (Å²) in [5.74, 6) is 0. The van der Waals surface area contributed by atoms with Crippen LogP contribution >= 0.6 is 47.0 Å². The van der Waals surface area contributed by atoms with Crippen molar-refractivity contribution in [3.63, 3.8) is 0 Å². The quantitative estimate of drug-likeness (QED) is 0.127. The highest BCUT2D eigenvalue weighted by atomic mass is 32.2. The maximum atomic E-state index is 5.58. The number of H-pyrrole nitrogens is 2. The fourth-order valence-electron chi connectivity index (χ4n) is 8.87. The molecule has 0 saturated carbocycles. The number of rotatable bonds is 12. The van der Waals surface area contributed by atoms with Crippen LogP contribution in [0.2, 0.25) is 0 Å². The SMILES string of the molecule is CCc1c(C)cccc1Sc1c2nc(c(Sc3cccc(C)c3CC)c3ccc([nH]3)c(Sc3cccc(C)c3CC)c3nc(c(Sc4cccc(C)c4CC)c4ccc1[nH]4)C=C3)C=C2. The van der Waals surface area contributed by atoms with Gasteiger partial charge in [-0.1, -0.05) is 123 Å². The van der Waals surface area contributed by atoms with Crippen molar-refractivity contribution >= 4 is 93.4 Å². The Morgan fingerprint density at radius 2 is 0.578 bits per heavy atom. The van der Waals surface area contributed by atoms with Crippen LogP contribution in [0.3, 0.4) is 0 Å². The number of fused-ring (bicyclic) bond motifs is 8. The first-order valence-corrected chi connectivity index (χ1v) is 25.7. The third kappa shape index (κ3) is 8.70. The molecule has 0 spiro atoms. The van der Waals surface area contributed by atoms with E-state index in [0.29, 0.717) is 0 Å². The van der Waals surface area contributed by atoms with Gasteiger partial charge in [0.25, 0.3) is 0 Å². The monoisotopic (exact) mass is 910 g/mol. The van der Waals surface area contributed by atoms with Gasteiger partial charge < -0.3 is 9.97 Å². The van der Waals surface area contributed by atoms with Crippen LogP contribution < -0.4 is 0 Å². The molecular formula is C56H54N4S4. The van der Waals surface area contributed by atoms with Crippen LogP contribution in [0.25, 0.3) is 46.4 Å². The lowest BCUT2D eigenvalue weighted by Gasteiger charge is -2.12. The highest BCUT2D eigenvalue weighted by molar-refractivity contribution is 8.00. The molecule has 2 N–H and O–H groups in total. The second-order valence-electron chi connectivity index (χ2n) is 16.3. The number of aryl methyl sites for hydroxylation is 4. The van der Waals surface area contributed by atoms with E-state index in [1.807, 2.05) is 47.0 Å². The fraction of sp³-hybridized carbons (Fsp3) is 0.214. The van der Waals surface area contributed by atoms with Crippen LogP contribution in [0.5, 0.6) is 0 Å². The number of hydrogen-bond acceptors (Lipinski definition) is 6. The number of hydrogen-bond donors (Lipinski definition) is 2. The summed E-state index contributed by atoms with van der Waals surface area (Å²) in [5.41, 5.74) is 18.6. The lowest BCUT2D eigenvalue weighted by molar-refractivity contribution is 1.05. The number of nitrogens with one attached hydrogen (secondary N) is 2. The Hall–Kier alpha value is -5.12. The summed E-state index contributed by atoms with van der Waals surface area (Å²) >= 11 is 7.23. The van der Waals surface area contributed by atoms with Crippen LogP contribution in [0, 0.1) is 27.7 Å². The Balaban J connectivity index is 1.39. The Bertz CT molecular complexity index is 2760. The third-order valence-electron chi connectivity index (χ3n) is 12.3. The molecule has 8 bridgehead atoms. The van der Waals surface area contributed by atoms with Gasteiger partial charge in [0.1, 0.15) is 0 Å². The molecule has 322 valence electrons. The lowest BCUT2D eigenvalue weighted by Crippen LogP contribution is -1.93. The van der Waals surface area contributed by atoms with E-state index in [2.05, 4.69) is 187 Å². The highest BCUT2D eigenvalue weighted by Crippen LogP contribution is 2.44. The van der Waals surface area contributed by atoms with Crippen molar-refractivity contribution in [1.29, 1.82) is 0 Å². The van der Waals surface area contributed by atoms with E-state index in [1.165, 1.54) is 64.1 Å². The van der Waals surface area contributed by atoms with Crippen LogP contribution in [-0.4, -0.2) is 19.9 Å². The van der Waals surface area contributed by atoms with Gasteiger partial charge in [-0.25, -0.2) is 9.97 Å². The molecule has 3 aromatic heterocycles. The van der Waals surface area contributed by atoms with E-state index in [1.54, 1.807) is 0 Å². The third-order valence-corrected chi connectivity index (χ3v) is 17.2. The maximum Gasteiger partial charge on any atom is 0.0798 e. The molecular weight excluding hydrogens is 857 g/mol. The molecule has 9 rings (SSSR count). The van der Waals surface area contributed by atoms with Gasteiger partial charge in [0.15, 0.2) is 0 Å². The first-order valence-electron chi connectivity index (χ1n) is 22.4. The molecule has 0 radical (unpaired) electrons. The number of benzene rings is 4. The molecule has 2 aliphatic heterocycles. The van der Waals surface area contributed by atoms with Crippen molar-refractivity contribution in [3.8, 4) is 0 Å². The molecule has 4 nitrogen and oxygen atoms in total.